The lowest BCUT2D eigenvalue weighted by Crippen LogP contribution is -2.49. The molecule has 1 amide bonds. The predicted molar refractivity (Wildman–Crippen MR) is 210 cm³/mol. The number of benzene rings is 2. The SMILES string of the molecule is CN1CCN(C2CCC(n3nc(-c4ccc(NC(=O)c5ccc(OC(F)(F)F)cc5)c(Cl)c4)c4c(N)ncnc43)CC2)CC1.O=C(O)/C=C\C(=O)O.O=C(O)/C=C\C(=O)O. The molecule has 1 aliphatic heterocycles. The summed E-state index contributed by atoms with van der Waals surface area (Å²) in [6.07, 6.45) is 2.99. The van der Waals surface area contributed by atoms with Crippen LogP contribution in [0.25, 0.3) is 22.3 Å². The van der Waals surface area contributed by atoms with E-state index in [2.05, 4.69) is 36.9 Å². The molecule has 7 N–H and O–H groups in total. The number of aliphatic carboxylic acids is 4. The van der Waals surface area contributed by atoms with Crippen molar-refractivity contribution in [1.29, 1.82) is 0 Å². The molecule has 3 heterocycles. The van der Waals surface area contributed by atoms with E-state index < -0.39 is 41.9 Å². The Morgan fingerprint density at radius 2 is 1.35 bits per heavy atom. The number of carbonyl (C=O) groups is 5. The van der Waals surface area contributed by atoms with Crippen LogP contribution in [0.5, 0.6) is 5.75 Å². The molecule has 0 unspecified atom stereocenters. The monoisotopic (exact) mass is 860 g/mol. The Bertz CT molecular complexity index is 2170. The largest absolute Gasteiger partial charge is 0.573 e. The number of nitrogen functional groups attached to an aromatic ring is 1. The Morgan fingerprint density at radius 1 is 0.817 bits per heavy atom. The summed E-state index contributed by atoms with van der Waals surface area (Å²) in [5.74, 6) is -5.68. The van der Waals surface area contributed by atoms with Crippen molar-refractivity contribution in [2.75, 3.05) is 44.3 Å². The van der Waals surface area contributed by atoms with Crippen LogP contribution in [-0.4, -0.2) is 125 Å². The maximum Gasteiger partial charge on any atom is 0.573 e. The number of rotatable bonds is 10. The predicted octanol–water partition coefficient (Wildman–Crippen LogP) is 5.03. The van der Waals surface area contributed by atoms with Gasteiger partial charge in [-0.3, -0.25) is 9.69 Å². The standard InChI is InChI=1S/C30H32ClF3N8O2.2C4H4O4/c1-40-12-14-41(15-13-40)20-5-7-21(8-6-20)42-28-25(27(35)36-17-37-28)26(39-42)19-4-11-24(23(31)16-19)38-29(43)18-2-9-22(10-3-18)44-30(32,33)34;2*5-3(6)1-2-4(7)8/h2-4,9-11,16-17,20-21H,5-8,12-15H2,1H3,(H,38,43)(H2,35,36,37);2*1-2H,(H,5,6)(H,7,8)/b;2*2-1-. The zero-order chi connectivity index (χ0) is 44.1. The Kier molecular flexibility index (Phi) is 16.1. The van der Waals surface area contributed by atoms with E-state index in [1.54, 1.807) is 18.2 Å². The van der Waals surface area contributed by atoms with Crippen LogP contribution in [0.1, 0.15) is 42.1 Å². The number of nitrogens with two attached hydrogens (primary N) is 1. The van der Waals surface area contributed by atoms with E-state index in [1.165, 1.54) is 18.5 Å². The third-order valence-electron chi connectivity index (χ3n) is 9.16. The number of carboxylic acids is 4. The van der Waals surface area contributed by atoms with Crippen LogP contribution < -0.4 is 15.8 Å². The number of hydrogen-bond donors (Lipinski definition) is 6. The van der Waals surface area contributed by atoms with Gasteiger partial charge in [0.05, 0.1) is 22.1 Å². The van der Waals surface area contributed by atoms with Crippen molar-refractivity contribution in [1.82, 2.24) is 29.5 Å². The van der Waals surface area contributed by atoms with Gasteiger partial charge in [0.1, 0.15) is 23.6 Å². The van der Waals surface area contributed by atoms with E-state index in [1.807, 2.05) is 4.68 Å². The summed E-state index contributed by atoms with van der Waals surface area (Å²) in [4.78, 5) is 64.7. The molecule has 1 saturated carbocycles. The Balaban J connectivity index is 0.000000420. The first kappa shape index (κ1) is 46.1. The number of amides is 1. The van der Waals surface area contributed by atoms with E-state index >= 15 is 0 Å². The minimum absolute atomic E-state index is 0.136. The Hall–Kier alpha value is -6.58. The summed E-state index contributed by atoms with van der Waals surface area (Å²) in [5.41, 5.74) is 8.74. The summed E-state index contributed by atoms with van der Waals surface area (Å²) in [6.45, 7) is 4.40. The fourth-order valence-electron chi connectivity index (χ4n) is 6.36. The van der Waals surface area contributed by atoms with Gasteiger partial charge in [0.25, 0.3) is 5.91 Å². The maximum atomic E-state index is 12.8. The number of carbonyl (C=O) groups excluding carboxylic acids is 1. The number of anilines is 2. The molecule has 6 rings (SSSR count). The minimum atomic E-state index is -4.82. The fourth-order valence-corrected chi connectivity index (χ4v) is 6.59. The molecule has 0 bridgehead atoms. The van der Waals surface area contributed by atoms with Crippen molar-refractivity contribution in [3.63, 3.8) is 0 Å². The first-order valence-electron chi connectivity index (χ1n) is 18.0. The molecule has 2 fully saturated rings. The van der Waals surface area contributed by atoms with Crippen molar-refractivity contribution < 1.29 is 62.3 Å². The highest BCUT2D eigenvalue weighted by atomic mass is 35.5. The first-order valence-corrected chi connectivity index (χ1v) is 18.3. The van der Waals surface area contributed by atoms with Gasteiger partial charge in [-0.15, -0.1) is 13.2 Å². The second-order valence-corrected chi connectivity index (χ2v) is 13.7. The van der Waals surface area contributed by atoms with Crippen molar-refractivity contribution in [2.45, 2.75) is 44.1 Å². The number of fused-ring (bicyclic) bond motifs is 1. The number of carboxylic acid groups (broad SMARTS) is 4. The normalized spacial score (nSPS) is 17.3. The zero-order valence-corrected chi connectivity index (χ0v) is 32.5. The van der Waals surface area contributed by atoms with Gasteiger partial charge in [0.2, 0.25) is 0 Å². The average molecular weight is 861 g/mol. The van der Waals surface area contributed by atoms with Gasteiger partial charge in [-0.1, -0.05) is 17.7 Å². The van der Waals surface area contributed by atoms with Gasteiger partial charge < -0.3 is 41.1 Å². The molecular weight excluding hydrogens is 821 g/mol. The van der Waals surface area contributed by atoms with E-state index in [0.717, 1.165) is 64.0 Å². The number of likely N-dealkylation sites (N-methyl/N-ethyl adjacent to an activating group) is 1. The van der Waals surface area contributed by atoms with E-state index in [0.29, 0.717) is 64.1 Å². The van der Waals surface area contributed by atoms with Crippen molar-refractivity contribution in [2.24, 2.45) is 0 Å². The number of alkyl halides is 3. The van der Waals surface area contributed by atoms with Gasteiger partial charge in [0.15, 0.2) is 5.65 Å². The van der Waals surface area contributed by atoms with Gasteiger partial charge >= 0.3 is 30.2 Å². The number of aromatic nitrogens is 4. The second kappa shape index (κ2) is 20.9. The molecule has 0 radical (unpaired) electrons. The van der Waals surface area contributed by atoms with Crippen LogP contribution in [0.3, 0.4) is 0 Å². The quantitative estimate of drug-likeness (QED) is 0.114. The highest BCUT2D eigenvalue weighted by molar-refractivity contribution is 6.34. The van der Waals surface area contributed by atoms with Gasteiger partial charge in [-0.2, -0.15) is 5.10 Å². The summed E-state index contributed by atoms with van der Waals surface area (Å²) in [6, 6.07) is 10.4. The van der Waals surface area contributed by atoms with E-state index in [9.17, 15) is 37.1 Å². The van der Waals surface area contributed by atoms with Crippen molar-refractivity contribution >= 4 is 63.9 Å². The Morgan fingerprint density at radius 3 is 1.85 bits per heavy atom. The number of piperazine rings is 1. The molecule has 4 aromatic rings. The van der Waals surface area contributed by atoms with Crippen LogP contribution in [0.4, 0.5) is 24.7 Å². The van der Waals surface area contributed by atoms with Crippen LogP contribution in [0, 0.1) is 0 Å². The topological polar surface area (TPSA) is 264 Å². The zero-order valence-electron chi connectivity index (χ0n) is 31.8. The molecule has 1 aliphatic carbocycles. The van der Waals surface area contributed by atoms with Gasteiger partial charge in [-0.05, 0) is 69.1 Å². The van der Waals surface area contributed by atoms with E-state index in [-0.39, 0.29) is 16.6 Å². The first-order chi connectivity index (χ1) is 28.3. The van der Waals surface area contributed by atoms with Crippen LogP contribution in [-0.2, 0) is 19.2 Å². The maximum absolute atomic E-state index is 12.8. The number of halogens is 4. The molecule has 0 spiro atoms. The lowest BCUT2D eigenvalue weighted by atomic mass is 9.90. The van der Waals surface area contributed by atoms with Crippen molar-refractivity contribution in [3.05, 3.63) is 83.7 Å². The van der Waals surface area contributed by atoms with Crippen LogP contribution in [0.15, 0.2) is 73.1 Å². The lowest BCUT2D eigenvalue weighted by Gasteiger charge is -2.41. The number of hydrogen-bond acceptors (Lipinski definition) is 12. The summed E-state index contributed by atoms with van der Waals surface area (Å²) in [7, 11) is 2.17. The second-order valence-electron chi connectivity index (χ2n) is 13.3. The molecule has 2 aliphatic rings. The molecular formula is C38H40ClF3N8O10. The molecule has 320 valence electrons. The minimum Gasteiger partial charge on any atom is -0.478 e. The number of nitrogens with one attached hydrogen (secondary N) is 1. The summed E-state index contributed by atoms with van der Waals surface area (Å²) in [5, 5.41) is 39.8. The Labute approximate surface area is 344 Å². The molecule has 1 saturated heterocycles. The highest BCUT2D eigenvalue weighted by Gasteiger charge is 2.32. The number of nitrogens with zero attached hydrogens (tertiary/aromatic N) is 6. The molecule has 2 aromatic carbocycles. The smallest absolute Gasteiger partial charge is 0.478 e. The molecule has 0 atom stereocenters. The number of ether oxygens (including phenoxy) is 1. The van der Waals surface area contributed by atoms with Crippen LogP contribution >= 0.6 is 11.6 Å². The van der Waals surface area contributed by atoms with E-state index in [4.69, 9.17) is 42.9 Å². The van der Waals surface area contributed by atoms with Crippen LogP contribution in [0.2, 0.25) is 5.02 Å². The fraction of sp³-hybridized carbons (Fsp3) is 0.316. The molecule has 2 aromatic heterocycles. The molecule has 22 heteroatoms. The summed E-state index contributed by atoms with van der Waals surface area (Å²) < 4.78 is 43.2. The third kappa shape index (κ3) is 13.8. The van der Waals surface area contributed by atoms with Gasteiger partial charge in [0, 0.05) is 67.7 Å². The summed E-state index contributed by atoms with van der Waals surface area (Å²) >= 11 is 6.59. The average Bonchev–Trinajstić information content (AvgIpc) is 3.58. The molecule has 60 heavy (non-hydrogen) atoms. The highest BCUT2D eigenvalue weighted by Crippen LogP contribution is 2.38. The van der Waals surface area contributed by atoms with Crippen molar-refractivity contribution in [3.8, 4) is 17.0 Å². The third-order valence-corrected chi connectivity index (χ3v) is 9.47. The molecule has 18 nitrogen and oxygen atoms in total. The van der Waals surface area contributed by atoms with Gasteiger partial charge in [-0.25, -0.2) is 33.8 Å². The lowest BCUT2D eigenvalue weighted by molar-refractivity contribution is -0.274.